The van der Waals surface area contributed by atoms with Gasteiger partial charge in [-0.3, -0.25) is 4.90 Å². The molecule has 1 aliphatic carbocycles. The Hall–Kier alpha value is -1.44. The van der Waals surface area contributed by atoms with Crippen LogP contribution in [0.3, 0.4) is 0 Å². The number of aliphatic hydroxyl groups is 3. The SMILES string of the molecule is OCCN(C[C@@H](O)Cn1ccc2ccccc21)C[C@@H](O)COC1CCCCC1. The van der Waals surface area contributed by atoms with Crippen molar-refractivity contribution in [3.05, 3.63) is 36.5 Å². The normalized spacial score (nSPS) is 18.0. The summed E-state index contributed by atoms with van der Waals surface area (Å²) in [6.07, 6.45) is 6.89. The highest BCUT2D eigenvalue weighted by Gasteiger charge is 2.19. The predicted molar refractivity (Wildman–Crippen MR) is 110 cm³/mol. The van der Waals surface area contributed by atoms with E-state index in [1.807, 2.05) is 39.9 Å². The van der Waals surface area contributed by atoms with E-state index in [-0.39, 0.29) is 12.7 Å². The number of rotatable bonds is 11. The number of ether oxygens (including phenoxy) is 1. The average Bonchev–Trinajstić information content (AvgIpc) is 3.10. The number of aliphatic hydroxyl groups excluding tert-OH is 3. The maximum atomic E-state index is 10.6. The maximum Gasteiger partial charge on any atom is 0.0900 e. The molecule has 1 aliphatic rings. The highest BCUT2D eigenvalue weighted by Crippen LogP contribution is 2.20. The molecule has 0 radical (unpaired) electrons. The van der Waals surface area contributed by atoms with Gasteiger partial charge in [-0.15, -0.1) is 0 Å². The summed E-state index contributed by atoms with van der Waals surface area (Å²) < 4.78 is 7.90. The first-order valence-electron chi connectivity index (χ1n) is 10.5. The molecule has 28 heavy (non-hydrogen) atoms. The second-order valence-corrected chi connectivity index (χ2v) is 7.91. The van der Waals surface area contributed by atoms with Gasteiger partial charge >= 0.3 is 0 Å². The molecule has 1 fully saturated rings. The fourth-order valence-corrected chi connectivity index (χ4v) is 4.11. The van der Waals surface area contributed by atoms with Gasteiger partial charge in [0.2, 0.25) is 0 Å². The van der Waals surface area contributed by atoms with Crippen LogP contribution >= 0.6 is 0 Å². The highest BCUT2D eigenvalue weighted by molar-refractivity contribution is 5.79. The number of benzene rings is 1. The Bertz CT molecular complexity index is 699. The van der Waals surface area contributed by atoms with Crippen LogP contribution in [0.5, 0.6) is 0 Å². The molecule has 6 heteroatoms. The van der Waals surface area contributed by atoms with Crippen molar-refractivity contribution in [1.29, 1.82) is 0 Å². The molecule has 0 aliphatic heterocycles. The van der Waals surface area contributed by atoms with Gasteiger partial charge in [-0.05, 0) is 30.4 Å². The summed E-state index contributed by atoms with van der Waals surface area (Å²) >= 11 is 0. The van der Waals surface area contributed by atoms with Crippen LogP contribution in [-0.2, 0) is 11.3 Å². The van der Waals surface area contributed by atoms with Gasteiger partial charge in [0.05, 0.1) is 31.5 Å². The van der Waals surface area contributed by atoms with Crippen LogP contribution in [0.25, 0.3) is 10.9 Å². The lowest BCUT2D eigenvalue weighted by Crippen LogP contribution is -2.42. The minimum Gasteiger partial charge on any atom is -0.395 e. The lowest BCUT2D eigenvalue weighted by atomic mass is 9.98. The molecule has 156 valence electrons. The van der Waals surface area contributed by atoms with Crippen molar-refractivity contribution in [3.8, 4) is 0 Å². The molecule has 3 N–H and O–H groups in total. The predicted octanol–water partition coefficient (Wildman–Crippen LogP) is 2.01. The van der Waals surface area contributed by atoms with E-state index in [4.69, 9.17) is 4.74 Å². The van der Waals surface area contributed by atoms with Crippen molar-refractivity contribution >= 4 is 10.9 Å². The molecular formula is C22H34N2O4. The second kappa shape index (κ2) is 10.9. The lowest BCUT2D eigenvalue weighted by molar-refractivity contribution is -0.0381. The molecule has 6 nitrogen and oxygen atoms in total. The monoisotopic (exact) mass is 390 g/mol. The largest absolute Gasteiger partial charge is 0.395 e. The van der Waals surface area contributed by atoms with Crippen molar-refractivity contribution in [1.82, 2.24) is 9.47 Å². The Kier molecular flexibility index (Phi) is 8.30. The Morgan fingerprint density at radius 2 is 1.79 bits per heavy atom. The zero-order chi connectivity index (χ0) is 19.8. The minimum atomic E-state index is -0.618. The van der Waals surface area contributed by atoms with Crippen molar-refractivity contribution in [3.63, 3.8) is 0 Å². The molecule has 1 aromatic carbocycles. The summed E-state index contributed by atoms with van der Waals surface area (Å²) in [7, 11) is 0. The van der Waals surface area contributed by atoms with Gasteiger partial charge in [-0.1, -0.05) is 37.5 Å². The van der Waals surface area contributed by atoms with Crippen molar-refractivity contribution in [2.45, 2.75) is 57.0 Å². The van der Waals surface area contributed by atoms with E-state index in [1.165, 1.54) is 19.3 Å². The number of aromatic nitrogens is 1. The number of fused-ring (bicyclic) bond motifs is 1. The van der Waals surface area contributed by atoms with E-state index in [1.54, 1.807) is 0 Å². The molecule has 1 heterocycles. The number of para-hydroxylation sites is 1. The fraction of sp³-hybridized carbons (Fsp3) is 0.636. The lowest BCUT2D eigenvalue weighted by Gasteiger charge is -2.28. The van der Waals surface area contributed by atoms with Crippen LogP contribution in [-0.4, -0.2) is 75.9 Å². The third-order valence-corrected chi connectivity index (χ3v) is 5.52. The summed E-state index contributed by atoms with van der Waals surface area (Å²) in [5.41, 5.74) is 1.09. The Labute approximate surface area is 167 Å². The quantitative estimate of drug-likeness (QED) is 0.547. The highest BCUT2D eigenvalue weighted by atomic mass is 16.5. The molecule has 0 bridgehead atoms. The number of nitrogens with zero attached hydrogens (tertiary/aromatic N) is 2. The van der Waals surface area contributed by atoms with Gasteiger partial charge in [0.1, 0.15) is 0 Å². The average molecular weight is 391 g/mol. The molecule has 1 saturated carbocycles. The summed E-state index contributed by atoms with van der Waals surface area (Å²) in [5, 5.41) is 31.4. The first kappa shape index (κ1) is 21.3. The Balaban J connectivity index is 1.47. The van der Waals surface area contributed by atoms with Gasteiger partial charge < -0.3 is 24.6 Å². The molecule has 0 saturated heterocycles. The summed E-state index contributed by atoms with van der Waals surface area (Å²) in [6.45, 7) is 1.98. The zero-order valence-corrected chi connectivity index (χ0v) is 16.6. The molecule has 2 atom stereocenters. The van der Waals surface area contributed by atoms with Gasteiger partial charge in [-0.25, -0.2) is 0 Å². The molecule has 2 aromatic rings. The van der Waals surface area contributed by atoms with E-state index < -0.39 is 12.2 Å². The van der Waals surface area contributed by atoms with Crippen LogP contribution < -0.4 is 0 Å². The number of hydrogen-bond acceptors (Lipinski definition) is 5. The van der Waals surface area contributed by atoms with Crippen LogP contribution in [0.15, 0.2) is 36.5 Å². The Morgan fingerprint density at radius 1 is 1.04 bits per heavy atom. The topological polar surface area (TPSA) is 78.1 Å². The van der Waals surface area contributed by atoms with Crippen LogP contribution in [0.4, 0.5) is 0 Å². The van der Waals surface area contributed by atoms with Crippen molar-refractivity contribution in [2.24, 2.45) is 0 Å². The molecular weight excluding hydrogens is 356 g/mol. The van der Waals surface area contributed by atoms with Crippen molar-refractivity contribution in [2.75, 3.05) is 32.8 Å². The van der Waals surface area contributed by atoms with Crippen molar-refractivity contribution < 1.29 is 20.1 Å². The zero-order valence-electron chi connectivity index (χ0n) is 16.6. The first-order chi connectivity index (χ1) is 13.7. The maximum absolute atomic E-state index is 10.6. The molecule has 3 rings (SSSR count). The molecule has 0 amide bonds. The van der Waals surface area contributed by atoms with Gasteiger partial charge in [-0.2, -0.15) is 0 Å². The smallest absolute Gasteiger partial charge is 0.0900 e. The van der Waals surface area contributed by atoms with E-state index >= 15 is 0 Å². The van der Waals surface area contributed by atoms with Crippen LogP contribution in [0.1, 0.15) is 32.1 Å². The van der Waals surface area contributed by atoms with E-state index in [0.29, 0.717) is 32.8 Å². The Morgan fingerprint density at radius 3 is 2.57 bits per heavy atom. The minimum absolute atomic E-state index is 0.00459. The standard InChI is InChI=1S/C22H34N2O4/c25-13-12-23(15-20(27)17-28-21-7-2-1-3-8-21)14-19(26)16-24-11-10-18-6-4-5-9-22(18)24/h4-6,9-11,19-21,25-27H,1-3,7-8,12-17H2/t19-,20-/m1/s1. The molecule has 1 aromatic heterocycles. The second-order valence-electron chi connectivity index (χ2n) is 7.91. The van der Waals surface area contributed by atoms with Gasteiger partial charge in [0.25, 0.3) is 0 Å². The van der Waals surface area contributed by atoms with Crippen LogP contribution in [0.2, 0.25) is 0 Å². The van der Waals surface area contributed by atoms with E-state index in [2.05, 4.69) is 6.07 Å². The van der Waals surface area contributed by atoms with Gasteiger partial charge in [0, 0.05) is 37.9 Å². The van der Waals surface area contributed by atoms with E-state index in [0.717, 1.165) is 23.7 Å². The van der Waals surface area contributed by atoms with Crippen LogP contribution in [0, 0.1) is 0 Å². The van der Waals surface area contributed by atoms with E-state index in [9.17, 15) is 15.3 Å². The van der Waals surface area contributed by atoms with Gasteiger partial charge in [0.15, 0.2) is 0 Å². The summed E-state index contributed by atoms with van der Waals surface area (Å²) in [6, 6.07) is 10.1. The fourth-order valence-electron chi connectivity index (χ4n) is 4.11. The third-order valence-electron chi connectivity index (χ3n) is 5.52. The number of hydrogen-bond donors (Lipinski definition) is 3. The first-order valence-corrected chi connectivity index (χ1v) is 10.5. The molecule has 0 unspecified atom stereocenters. The third kappa shape index (κ3) is 6.29. The summed E-state index contributed by atoms with van der Waals surface area (Å²) in [5.74, 6) is 0. The molecule has 0 spiro atoms. The summed E-state index contributed by atoms with van der Waals surface area (Å²) in [4.78, 5) is 1.91.